The third-order valence-electron chi connectivity index (χ3n) is 3.77. The number of nitrogens with two attached hydrogens (primary N) is 1. The molecule has 0 saturated carbocycles. The van der Waals surface area contributed by atoms with Gasteiger partial charge in [-0.05, 0) is 18.8 Å². The highest BCUT2D eigenvalue weighted by Gasteiger charge is 2.27. The van der Waals surface area contributed by atoms with Crippen molar-refractivity contribution in [2.24, 2.45) is 5.92 Å². The van der Waals surface area contributed by atoms with E-state index in [1.807, 2.05) is 4.90 Å². The Morgan fingerprint density at radius 1 is 1.52 bits per heavy atom. The zero-order chi connectivity index (χ0) is 14.8. The minimum absolute atomic E-state index is 0.0156. The van der Waals surface area contributed by atoms with E-state index in [9.17, 15) is 4.79 Å². The summed E-state index contributed by atoms with van der Waals surface area (Å²) in [5, 5.41) is 0. The SMILES string of the molecule is COCC1CCCN(C(=O)c2sc3nccnc3c2N)C1. The van der Waals surface area contributed by atoms with Crippen LogP contribution in [0.3, 0.4) is 0 Å². The number of likely N-dealkylation sites (tertiary alicyclic amines) is 1. The molecule has 0 aliphatic carbocycles. The zero-order valence-electron chi connectivity index (χ0n) is 11.9. The molecular weight excluding hydrogens is 288 g/mol. The van der Waals surface area contributed by atoms with Crippen LogP contribution in [-0.2, 0) is 4.74 Å². The lowest BCUT2D eigenvalue weighted by atomic mass is 9.99. The number of nitrogen functional groups attached to an aromatic ring is 1. The molecule has 1 atom stereocenters. The van der Waals surface area contributed by atoms with Gasteiger partial charge in [-0.15, -0.1) is 11.3 Å². The first-order valence-corrected chi connectivity index (χ1v) is 7.79. The third-order valence-corrected chi connectivity index (χ3v) is 4.86. The fourth-order valence-corrected chi connectivity index (χ4v) is 3.76. The molecule has 3 rings (SSSR count). The minimum atomic E-state index is -0.0156. The molecule has 1 amide bonds. The molecule has 2 aromatic heterocycles. The van der Waals surface area contributed by atoms with Gasteiger partial charge in [0.1, 0.15) is 15.2 Å². The van der Waals surface area contributed by atoms with Gasteiger partial charge in [-0.2, -0.15) is 0 Å². The monoisotopic (exact) mass is 306 g/mol. The Morgan fingerprint density at radius 2 is 2.33 bits per heavy atom. The fraction of sp³-hybridized carbons (Fsp3) is 0.500. The lowest BCUT2D eigenvalue weighted by Crippen LogP contribution is -2.41. The Kier molecular flexibility index (Phi) is 4.03. The van der Waals surface area contributed by atoms with Crippen molar-refractivity contribution in [3.63, 3.8) is 0 Å². The van der Waals surface area contributed by atoms with Crippen LogP contribution in [-0.4, -0.2) is 47.6 Å². The van der Waals surface area contributed by atoms with Crippen LogP contribution in [0.4, 0.5) is 5.69 Å². The summed E-state index contributed by atoms with van der Waals surface area (Å²) < 4.78 is 5.21. The molecule has 1 fully saturated rings. The third kappa shape index (κ3) is 2.71. The molecule has 1 aliphatic heterocycles. The number of ether oxygens (including phenoxy) is 1. The maximum atomic E-state index is 12.7. The van der Waals surface area contributed by atoms with E-state index < -0.39 is 0 Å². The highest BCUT2D eigenvalue weighted by molar-refractivity contribution is 7.21. The van der Waals surface area contributed by atoms with Crippen LogP contribution in [0.2, 0.25) is 0 Å². The van der Waals surface area contributed by atoms with Gasteiger partial charge in [0.15, 0.2) is 0 Å². The molecule has 0 aromatic carbocycles. The van der Waals surface area contributed by atoms with Crippen LogP contribution in [0, 0.1) is 5.92 Å². The van der Waals surface area contributed by atoms with Gasteiger partial charge >= 0.3 is 0 Å². The number of rotatable bonds is 3. The summed E-state index contributed by atoms with van der Waals surface area (Å²) in [7, 11) is 1.70. The molecule has 21 heavy (non-hydrogen) atoms. The second-order valence-electron chi connectivity index (χ2n) is 5.27. The quantitative estimate of drug-likeness (QED) is 0.934. The fourth-order valence-electron chi connectivity index (χ4n) is 2.77. The van der Waals surface area contributed by atoms with E-state index in [0.29, 0.717) is 33.4 Å². The average molecular weight is 306 g/mol. The Bertz CT molecular complexity index is 655. The van der Waals surface area contributed by atoms with Crippen LogP contribution < -0.4 is 5.73 Å². The number of methoxy groups -OCH3 is 1. The highest BCUT2D eigenvalue weighted by Crippen LogP contribution is 2.32. The molecule has 0 radical (unpaired) electrons. The molecule has 7 heteroatoms. The van der Waals surface area contributed by atoms with Crippen LogP contribution >= 0.6 is 11.3 Å². The van der Waals surface area contributed by atoms with Crippen LogP contribution in [0.15, 0.2) is 12.4 Å². The number of carbonyl (C=O) groups excluding carboxylic acids is 1. The van der Waals surface area contributed by atoms with Crippen molar-refractivity contribution >= 4 is 33.3 Å². The lowest BCUT2D eigenvalue weighted by Gasteiger charge is -2.32. The van der Waals surface area contributed by atoms with Gasteiger partial charge in [-0.3, -0.25) is 4.79 Å². The number of piperidine rings is 1. The van der Waals surface area contributed by atoms with Crippen LogP contribution in [0.5, 0.6) is 0 Å². The first-order chi connectivity index (χ1) is 10.2. The summed E-state index contributed by atoms with van der Waals surface area (Å²) in [6.07, 6.45) is 5.31. The summed E-state index contributed by atoms with van der Waals surface area (Å²) in [5.41, 5.74) is 7.14. The molecule has 2 N–H and O–H groups in total. The topological polar surface area (TPSA) is 81.3 Å². The number of nitrogens with zero attached hydrogens (tertiary/aromatic N) is 3. The van der Waals surface area contributed by atoms with Crippen molar-refractivity contribution in [1.29, 1.82) is 0 Å². The Morgan fingerprint density at radius 3 is 3.10 bits per heavy atom. The van der Waals surface area contributed by atoms with Gasteiger partial charge in [0, 0.05) is 32.6 Å². The molecule has 3 heterocycles. The number of amides is 1. The van der Waals surface area contributed by atoms with Gasteiger partial charge < -0.3 is 15.4 Å². The molecule has 2 aromatic rings. The summed E-state index contributed by atoms with van der Waals surface area (Å²) in [6.45, 7) is 2.18. The molecule has 112 valence electrons. The van der Waals surface area contributed by atoms with Gasteiger partial charge in [-0.1, -0.05) is 0 Å². The standard InChI is InChI=1S/C14H18N4O2S/c1-20-8-9-3-2-6-18(7-9)14(19)12-10(15)11-13(21-12)17-5-4-16-11/h4-5,9H,2-3,6-8,15H2,1H3. The van der Waals surface area contributed by atoms with E-state index in [-0.39, 0.29) is 5.91 Å². The zero-order valence-corrected chi connectivity index (χ0v) is 12.7. The van der Waals surface area contributed by atoms with E-state index >= 15 is 0 Å². The van der Waals surface area contributed by atoms with E-state index in [0.717, 1.165) is 25.9 Å². The second kappa shape index (κ2) is 5.95. The number of carbonyl (C=O) groups is 1. The van der Waals surface area contributed by atoms with E-state index in [1.54, 1.807) is 19.5 Å². The Labute approximate surface area is 126 Å². The van der Waals surface area contributed by atoms with Crippen molar-refractivity contribution in [3.8, 4) is 0 Å². The second-order valence-corrected chi connectivity index (χ2v) is 6.27. The maximum absolute atomic E-state index is 12.7. The van der Waals surface area contributed by atoms with Crippen LogP contribution in [0.1, 0.15) is 22.5 Å². The maximum Gasteiger partial charge on any atom is 0.266 e. The predicted molar refractivity (Wildman–Crippen MR) is 82.3 cm³/mol. The highest BCUT2D eigenvalue weighted by atomic mass is 32.1. The molecule has 0 bridgehead atoms. The Hall–Kier alpha value is -1.73. The van der Waals surface area contributed by atoms with Crippen molar-refractivity contribution < 1.29 is 9.53 Å². The van der Waals surface area contributed by atoms with Crippen molar-refractivity contribution in [2.45, 2.75) is 12.8 Å². The minimum Gasteiger partial charge on any atom is -0.396 e. The Balaban J connectivity index is 1.84. The number of hydrogen-bond donors (Lipinski definition) is 1. The smallest absolute Gasteiger partial charge is 0.266 e. The first-order valence-electron chi connectivity index (χ1n) is 6.98. The summed E-state index contributed by atoms with van der Waals surface area (Å²) in [6, 6.07) is 0. The predicted octanol–water partition coefficient (Wildman–Crippen LogP) is 1.77. The van der Waals surface area contributed by atoms with Crippen molar-refractivity contribution in [3.05, 3.63) is 17.3 Å². The van der Waals surface area contributed by atoms with Crippen LogP contribution in [0.25, 0.3) is 10.3 Å². The number of aromatic nitrogens is 2. The molecule has 1 saturated heterocycles. The van der Waals surface area contributed by atoms with E-state index in [1.165, 1.54) is 11.3 Å². The summed E-state index contributed by atoms with van der Waals surface area (Å²) in [4.78, 5) is 24.3. The van der Waals surface area contributed by atoms with Crippen molar-refractivity contribution in [2.75, 3.05) is 32.5 Å². The first kappa shape index (κ1) is 14.2. The van der Waals surface area contributed by atoms with Crippen molar-refractivity contribution in [1.82, 2.24) is 14.9 Å². The molecule has 1 aliphatic rings. The molecule has 0 spiro atoms. The average Bonchev–Trinajstić information content (AvgIpc) is 2.85. The molecule has 1 unspecified atom stereocenters. The largest absolute Gasteiger partial charge is 0.396 e. The lowest BCUT2D eigenvalue weighted by molar-refractivity contribution is 0.0576. The van der Waals surface area contributed by atoms with Gasteiger partial charge in [-0.25, -0.2) is 9.97 Å². The summed E-state index contributed by atoms with van der Waals surface area (Å²) >= 11 is 1.32. The summed E-state index contributed by atoms with van der Waals surface area (Å²) in [5.74, 6) is 0.387. The molecular formula is C14H18N4O2S. The van der Waals surface area contributed by atoms with E-state index in [4.69, 9.17) is 10.5 Å². The number of hydrogen-bond acceptors (Lipinski definition) is 6. The number of thiophene rings is 1. The van der Waals surface area contributed by atoms with Gasteiger partial charge in [0.05, 0.1) is 12.3 Å². The molecule has 6 nitrogen and oxygen atoms in total. The van der Waals surface area contributed by atoms with Gasteiger partial charge in [0.25, 0.3) is 5.91 Å². The number of anilines is 1. The number of fused-ring (bicyclic) bond motifs is 1. The van der Waals surface area contributed by atoms with E-state index in [2.05, 4.69) is 9.97 Å². The van der Waals surface area contributed by atoms with Gasteiger partial charge in [0.2, 0.25) is 0 Å². The normalized spacial score (nSPS) is 19.1.